The molecule has 4 heteroatoms. The minimum Gasteiger partial charge on any atom is -0.467 e. The van der Waals surface area contributed by atoms with Crippen molar-refractivity contribution in [3.05, 3.63) is 23.8 Å². The number of ether oxygens (including phenoxy) is 2. The van der Waals surface area contributed by atoms with E-state index in [0.29, 0.717) is 19.4 Å². The number of benzene rings is 1. The van der Waals surface area contributed by atoms with Gasteiger partial charge in [0.25, 0.3) is 0 Å². The van der Waals surface area contributed by atoms with Crippen molar-refractivity contribution < 1.29 is 9.47 Å². The van der Waals surface area contributed by atoms with Crippen molar-refractivity contribution in [3.63, 3.8) is 0 Å². The molecule has 1 heterocycles. The van der Waals surface area contributed by atoms with Gasteiger partial charge in [-0.2, -0.15) is 0 Å². The maximum atomic E-state index is 6.03. The van der Waals surface area contributed by atoms with Crippen LogP contribution in [0.3, 0.4) is 0 Å². The Balaban J connectivity index is 2.01. The molecule has 106 valence electrons. The largest absolute Gasteiger partial charge is 0.467 e. The van der Waals surface area contributed by atoms with Crippen LogP contribution in [0.2, 0.25) is 0 Å². The zero-order chi connectivity index (χ0) is 13.7. The summed E-state index contributed by atoms with van der Waals surface area (Å²) in [6.45, 7) is 7.03. The summed E-state index contributed by atoms with van der Waals surface area (Å²) in [5, 5.41) is 0. The molecule has 0 aliphatic carbocycles. The number of nitrogens with two attached hydrogens (primary N) is 1. The van der Waals surface area contributed by atoms with Crippen LogP contribution in [0.25, 0.3) is 0 Å². The van der Waals surface area contributed by atoms with Gasteiger partial charge in [0, 0.05) is 31.4 Å². The molecule has 1 unspecified atom stereocenters. The second-order valence-electron chi connectivity index (χ2n) is 5.05. The Kier molecular flexibility index (Phi) is 5.05. The van der Waals surface area contributed by atoms with Crippen LogP contribution >= 0.6 is 0 Å². The number of aryl methyl sites for hydroxylation is 1. The van der Waals surface area contributed by atoms with Gasteiger partial charge in [-0.25, -0.2) is 0 Å². The van der Waals surface area contributed by atoms with Crippen molar-refractivity contribution in [2.45, 2.75) is 32.7 Å². The van der Waals surface area contributed by atoms with Gasteiger partial charge in [0.05, 0.1) is 0 Å². The van der Waals surface area contributed by atoms with Crippen molar-refractivity contribution in [3.8, 4) is 5.75 Å². The summed E-state index contributed by atoms with van der Waals surface area (Å²) in [5.41, 5.74) is 8.40. The molecule has 1 aliphatic rings. The van der Waals surface area contributed by atoms with E-state index in [0.717, 1.165) is 30.8 Å². The Hall–Kier alpha value is -1.26. The molecule has 0 spiro atoms. The first kappa shape index (κ1) is 14.2. The van der Waals surface area contributed by atoms with Gasteiger partial charge in [-0.15, -0.1) is 0 Å². The molecular weight excluding hydrogens is 240 g/mol. The summed E-state index contributed by atoms with van der Waals surface area (Å²) in [6, 6.07) is 6.58. The summed E-state index contributed by atoms with van der Waals surface area (Å²) in [5.74, 6) is 0.888. The van der Waals surface area contributed by atoms with E-state index in [1.54, 1.807) is 0 Å². The van der Waals surface area contributed by atoms with Gasteiger partial charge in [0.15, 0.2) is 6.79 Å². The number of piperidine rings is 1. The first-order valence-corrected chi connectivity index (χ1v) is 7.02. The van der Waals surface area contributed by atoms with Crippen LogP contribution in [-0.2, 0) is 4.74 Å². The highest BCUT2D eigenvalue weighted by atomic mass is 16.7. The van der Waals surface area contributed by atoms with Gasteiger partial charge in [0.2, 0.25) is 0 Å². The van der Waals surface area contributed by atoms with E-state index in [2.05, 4.69) is 24.0 Å². The van der Waals surface area contributed by atoms with E-state index in [1.165, 1.54) is 12.1 Å². The molecule has 0 aromatic heterocycles. The van der Waals surface area contributed by atoms with Crippen LogP contribution in [0.4, 0.5) is 5.69 Å². The number of hydrogen-bond donors (Lipinski definition) is 1. The van der Waals surface area contributed by atoms with E-state index < -0.39 is 0 Å². The zero-order valence-corrected chi connectivity index (χ0v) is 11.9. The minimum atomic E-state index is 0.294. The number of hydrogen-bond acceptors (Lipinski definition) is 4. The topological polar surface area (TPSA) is 47.7 Å². The number of rotatable bonds is 5. The van der Waals surface area contributed by atoms with Crippen molar-refractivity contribution in [2.24, 2.45) is 5.73 Å². The molecule has 4 nitrogen and oxygen atoms in total. The standard InChI is InChI=1S/C15H24N2O2/c1-3-18-11-19-15-7-6-14(9-12(15)2)17-8-4-5-13(16)10-17/h6-7,9,13H,3-5,8,10-11,16H2,1-2H3. The van der Waals surface area contributed by atoms with Crippen LogP contribution in [0.5, 0.6) is 5.75 Å². The molecule has 1 saturated heterocycles. The number of nitrogens with zero attached hydrogens (tertiary/aromatic N) is 1. The van der Waals surface area contributed by atoms with Gasteiger partial charge >= 0.3 is 0 Å². The van der Waals surface area contributed by atoms with E-state index in [4.69, 9.17) is 15.2 Å². The Bertz CT molecular complexity index is 409. The lowest BCUT2D eigenvalue weighted by Gasteiger charge is -2.33. The van der Waals surface area contributed by atoms with Gasteiger partial charge in [-0.1, -0.05) is 0 Å². The summed E-state index contributed by atoms with van der Waals surface area (Å²) < 4.78 is 10.8. The lowest BCUT2D eigenvalue weighted by molar-refractivity contribution is 0.0220. The molecule has 1 fully saturated rings. The highest BCUT2D eigenvalue weighted by Gasteiger charge is 2.17. The summed E-state index contributed by atoms with van der Waals surface area (Å²) in [7, 11) is 0. The molecule has 0 bridgehead atoms. The predicted octanol–water partition coefficient (Wildman–Crippen LogP) is 2.30. The molecule has 0 amide bonds. The average molecular weight is 264 g/mol. The maximum Gasteiger partial charge on any atom is 0.189 e. The fourth-order valence-electron chi connectivity index (χ4n) is 2.43. The predicted molar refractivity (Wildman–Crippen MR) is 77.7 cm³/mol. The van der Waals surface area contributed by atoms with E-state index in [-0.39, 0.29) is 0 Å². The molecule has 2 N–H and O–H groups in total. The molecule has 0 radical (unpaired) electrons. The quantitative estimate of drug-likeness (QED) is 0.655. The molecule has 1 atom stereocenters. The fraction of sp³-hybridized carbons (Fsp3) is 0.600. The number of anilines is 1. The van der Waals surface area contributed by atoms with Crippen LogP contribution in [0.1, 0.15) is 25.3 Å². The molecule has 19 heavy (non-hydrogen) atoms. The van der Waals surface area contributed by atoms with Crippen molar-refractivity contribution in [1.82, 2.24) is 0 Å². The van der Waals surface area contributed by atoms with E-state index in [1.807, 2.05) is 13.0 Å². The van der Waals surface area contributed by atoms with Crippen molar-refractivity contribution >= 4 is 5.69 Å². The third-order valence-electron chi connectivity index (χ3n) is 3.48. The average Bonchev–Trinajstić information content (AvgIpc) is 2.41. The Morgan fingerprint density at radius 3 is 2.95 bits per heavy atom. The summed E-state index contributed by atoms with van der Waals surface area (Å²) in [4.78, 5) is 2.35. The monoisotopic (exact) mass is 264 g/mol. The van der Waals surface area contributed by atoms with Gasteiger partial charge in [-0.3, -0.25) is 0 Å². The lowest BCUT2D eigenvalue weighted by Crippen LogP contribution is -2.42. The zero-order valence-electron chi connectivity index (χ0n) is 11.9. The Morgan fingerprint density at radius 2 is 2.26 bits per heavy atom. The molecule has 2 rings (SSSR count). The van der Waals surface area contributed by atoms with E-state index in [9.17, 15) is 0 Å². The summed E-state index contributed by atoms with van der Waals surface area (Å²) in [6.07, 6.45) is 2.30. The smallest absolute Gasteiger partial charge is 0.189 e. The van der Waals surface area contributed by atoms with Gasteiger partial charge in [0.1, 0.15) is 5.75 Å². The molecule has 1 aliphatic heterocycles. The van der Waals surface area contributed by atoms with Crippen molar-refractivity contribution in [1.29, 1.82) is 0 Å². The minimum absolute atomic E-state index is 0.294. The fourth-order valence-corrected chi connectivity index (χ4v) is 2.43. The maximum absolute atomic E-state index is 6.03. The lowest BCUT2D eigenvalue weighted by atomic mass is 10.1. The Morgan fingerprint density at radius 1 is 1.42 bits per heavy atom. The molecule has 1 aromatic carbocycles. The Labute approximate surface area is 115 Å². The second-order valence-corrected chi connectivity index (χ2v) is 5.05. The highest BCUT2D eigenvalue weighted by molar-refractivity contribution is 5.53. The third kappa shape index (κ3) is 3.85. The van der Waals surface area contributed by atoms with Crippen LogP contribution in [0.15, 0.2) is 18.2 Å². The van der Waals surface area contributed by atoms with Crippen LogP contribution < -0.4 is 15.4 Å². The normalized spacial score (nSPS) is 19.5. The van der Waals surface area contributed by atoms with E-state index >= 15 is 0 Å². The molecule has 1 aromatic rings. The third-order valence-corrected chi connectivity index (χ3v) is 3.48. The second kappa shape index (κ2) is 6.78. The van der Waals surface area contributed by atoms with Gasteiger partial charge in [-0.05, 0) is 50.5 Å². The summed E-state index contributed by atoms with van der Waals surface area (Å²) >= 11 is 0. The van der Waals surface area contributed by atoms with Crippen molar-refractivity contribution in [2.75, 3.05) is 31.4 Å². The van der Waals surface area contributed by atoms with Crippen LogP contribution in [0, 0.1) is 6.92 Å². The van der Waals surface area contributed by atoms with Gasteiger partial charge < -0.3 is 20.1 Å². The molecule has 0 saturated carbocycles. The molecular formula is C15H24N2O2. The first-order chi connectivity index (χ1) is 9.20. The SMILES string of the molecule is CCOCOc1ccc(N2CCCC(N)C2)cc1C. The first-order valence-electron chi connectivity index (χ1n) is 7.02. The highest BCUT2D eigenvalue weighted by Crippen LogP contribution is 2.26. The van der Waals surface area contributed by atoms with Crippen LogP contribution in [-0.4, -0.2) is 32.5 Å².